The second-order valence-electron chi connectivity index (χ2n) is 6.17. The van der Waals surface area contributed by atoms with Crippen molar-refractivity contribution in [3.63, 3.8) is 0 Å². The molecule has 1 fully saturated rings. The van der Waals surface area contributed by atoms with Crippen LogP contribution in [0.15, 0.2) is 42.7 Å². The summed E-state index contributed by atoms with van der Waals surface area (Å²) < 4.78 is 2.17. The third kappa shape index (κ3) is 3.23. The molecule has 3 heterocycles. The zero-order valence-electron chi connectivity index (χ0n) is 13.8. The Morgan fingerprint density at radius 3 is 2.70 bits per heavy atom. The summed E-state index contributed by atoms with van der Waals surface area (Å²) in [5.74, 6) is 0. The quantitative estimate of drug-likeness (QED) is 0.849. The molecule has 1 aliphatic heterocycles. The van der Waals surface area contributed by atoms with Gasteiger partial charge in [-0.05, 0) is 50.6 Å². The first-order valence-electron chi connectivity index (χ1n) is 7.82. The molecule has 1 saturated heterocycles. The summed E-state index contributed by atoms with van der Waals surface area (Å²) in [5.41, 5.74) is 2.26. The number of nitrogens with zero attached hydrogens (tertiary/aromatic N) is 4. The molecule has 2 aromatic heterocycles. The number of likely N-dealkylation sites (N-methyl/N-ethyl adjacent to an activating group) is 1. The first-order valence-corrected chi connectivity index (χ1v) is 8.23. The summed E-state index contributed by atoms with van der Waals surface area (Å²) in [6.07, 6.45) is 3.92. The fraction of sp³-hybridized carbons (Fsp3) is 0.412. The molecule has 1 aliphatic rings. The number of thiocarbonyl (C=S) groups is 1. The SMILES string of the molecule is CN(C)CCN1C(=S)N[C@H](c2ccccn2)[C@@H]1c1cccn1C. The number of aromatic nitrogens is 2. The maximum atomic E-state index is 5.62. The predicted molar refractivity (Wildman–Crippen MR) is 96.1 cm³/mol. The molecule has 0 bridgehead atoms. The molecule has 0 unspecified atom stereocenters. The average Bonchev–Trinajstić information content (AvgIpc) is 3.09. The topological polar surface area (TPSA) is 36.3 Å². The molecule has 0 aliphatic carbocycles. The van der Waals surface area contributed by atoms with Gasteiger partial charge in [0.1, 0.15) is 0 Å². The predicted octanol–water partition coefficient (Wildman–Crippen LogP) is 1.95. The lowest BCUT2D eigenvalue weighted by atomic mass is 10.0. The first kappa shape index (κ1) is 16.0. The minimum atomic E-state index is 0.0689. The molecule has 3 rings (SSSR count). The van der Waals surface area contributed by atoms with Crippen molar-refractivity contribution in [3.05, 3.63) is 54.1 Å². The van der Waals surface area contributed by atoms with E-state index in [2.05, 4.69) is 70.2 Å². The zero-order valence-corrected chi connectivity index (χ0v) is 14.6. The van der Waals surface area contributed by atoms with Gasteiger partial charge in [0.2, 0.25) is 0 Å². The standard InChI is InChI=1S/C17H23N5S/c1-20(2)11-12-22-16(14-8-6-10-21(14)3)15(19-17(22)23)13-7-4-5-9-18-13/h4-10,15-16H,11-12H2,1-3H3,(H,19,23)/t15-,16+/m1/s1. The van der Waals surface area contributed by atoms with Crippen LogP contribution in [-0.2, 0) is 7.05 Å². The Morgan fingerprint density at radius 2 is 2.09 bits per heavy atom. The van der Waals surface area contributed by atoms with Gasteiger partial charge in [-0.15, -0.1) is 0 Å². The third-order valence-corrected chi connectivity index (χ3v) is 4.63. The zero-order chi connectivity index (χ0) is 16.4. The van der Waals surface area contributed by atoms with Crippen LogP contribution in [0, 0.1) is 0 Å². The van der Waals surface area contributed by atoms with Crippen molar-refractivity contribution in [2.75, 3.05) is 27.2 Å². The second kappa shape index (κ2) is 6.68. The lowest BCUT2D eigenvalue weighted by Crippen LogP contribution is -2.36. The molecule has 5 nitrogen and oxygen atoms in total. The fourth-order valence-electron chi connectivity index (χ4n) is 3.06. The van der Waals surface area contributed by atoms with E-state index in [1.807, 2.05) is 18.3 Å². The monoisotopic (exact) mass is 329 g/mol. The smallest absolute Gasteiger partial charge is 0.170 e. The molecular weight excluding hydrogens is 306 g/mol. The van der Waals surface area contributed by atoms with E-state index in [9.17, 15) is 0 Å². The van der Waals surface area contributed by atoms with Crippen molar-refractivity contribution in [1.82, 2.24) is 24.7 Å². The highest BCUT2D eigenvalue weighted by Crippen LogP contribution is 2.38. The van der Waals surface area contributed by atoms with E-state index < -0.39 is 0 Å². The van der Waals surface area contributed by atoms with Crippen LogP contribution in [0.5, 0.6) is 0 Å². The van der Waals surface area contributed by atoms with Crippen molar-refractivity contribution in [2.45, 2.75) is 12.1 Å². The third-order valence-electron chi connectivity index (χ3n) is 4.27. The Hall–Kier alpha value is -1.92. The van der Waals surface area contributed by atoms with Crippen LogP contribution in [0.1, 0.15) is 23.5 Å². The fourth-order valence-corrected chi connectivity index (χ4v) is 3.39. The molecule has 0 saturated carbocycles. The van der Waals surface area contributed by atoms with Gasteiger partial charge in [0.05, 0.1) is 17.8 Å². The highest BCUT2D eigenvalue weighted by atomic mass is 32.1. The van der Waals surface area contributed by atoms with Crippen LogP contribution in [-0.4, -0.2) is 51.6 Å². The lowest BCUT2D eigenvalue weighted by molar-refractivity contribution is 0.270. The van der Waals surface area contributed by atoms with Gasteiger partial charge in [0, 0.05) is 38.2 Å². The molecule has 0 spiro atoms. The lowest BCUT2D eigenvalue weighted by Gasteiger charge is -2.29. The summed E-state index contributed by atoms with van der Waals surface area (Å²) in [6, 6.07) is 10.5. The van der Waals surface area contributed by atoms with Crippen LogP contribution in [0.3, 0.4) is 0 Å². The number of hydrogen-bond acceptors (Lipinski definition) is 3. The Morgan fingerprint density at radius 1 is 1.26 bits per heavy atom. The van der Waals surface area contributed by atoms with Gasteiger partial charge in [-0.3, -0.25) is 4.98 Å². The van der Waals surface area contributed by atoms with Crippen LogP contribution < -0.4 is 5.32 Å². The maximum Gasteiger partial charge on any atom is 0.170 e. The number of rotatable bonds is 5. The van der Waals surface area contributed by atoms with E-state index in [0.29, 0.717) is 0 Å². The highest BCUT2D eigenvalue weighted by Gasteiger charge is 2.40. The summed E-state index contributed by atoms with van der Waals surface area (Å²) >= 11 is 5.62. The molecule has 0 amide bonds. The minimum absolute atomic E-state index is 0.0689. The molecule has 1 N–H and O–H groups in total. The van der Waals surface area contributed by atoms with Gasteiger partial charge in [-0.1, -0.05) is 6.07 Å². The molecule has 122 valence electrons. The van der Waals surface area contributed by atoms with E-state index in [-0.39, 0.29) is 12.1 Å². The van der Waals surface area contributed by atoms with Crippen molar-refractivity contribution in [2.24, 2.45) is 7.05 Å². The van der Waals surface area contributed by atoms with E-state index >= 15 is 0 Å². The van der Waals surface area contributed by atoms with E-state index in [1.54, 1.807) is 0 Å². The van der Waals surface area contributed by atoms with E-state index in [1.165, 1.54) is 5.69 Å². The summed E-state index contributed by atoms with van der Waals surface area (Å²) in [6.45, 7) is 1.84. The first-order chi connectivity index (χ1) is 11.1. The molecule has 0 aromatic carbocycles. The summed E-state index contributed by atoms with van der Waals surface area (Å²) in [7, 11) is 6.25. The molecule has 6 heteroatoms. The average molecular weight is 329 g/mol. The van der Waals surface area contributed by atoms with Crippen LogP contribution in [0.4, 0.5) is 0 Å². The van der Waals surface area contributed by atoms with Gasteiger partial charge in [-0.2, -0.15) is 0 Å². The van der Waals surface area contributed by atoms with Crippen molar-refractivity contribution in [1.29, 1.82) is 0 Å². The Kier molecular flexibility index (Phi) is 4.63. The van der Waals surface area contributed by atoms with Gasteiger partial charge in [-0.25, -0.2) is 0 Å². The minimum Gasteiger partial charge on any atom is -0.353 e. The molecule has 2 aromatic rings. The highest BCUT2D eigenvalue weighted by molar-refractivity contribution is 7.80. The number of nitrogens with one attached hydrogen (secondary N) is 1. The molecule has 2 atom stereocenters. The van der Waals surface area contributed by atoms with E-state index in [4.69, 9.17) is 12.2 Å². The van der Waals surface area contributed by atoms with E-state index in [0.717, 1.165) is 23.9 Å². The van der Waals surface area contributed by atoms with Crippen LogP contribution in [0.25, 0.3) is 0 Å². The Bertz CT molecular complexity index is 667. The van der Waals surface area contributed by atoms with Crippen LogP contribution >= 0.6 is 12.2 Å². The van der Waals surface area contributed by atoms with Gasteiger partial charge < -0.3 is 19.7 Å². The van der Waals surface area contributed by atoms with Crippen LogP contribution in [0.2, 0.25) is 0 Å². The molecule has 23 heavy (non-hydrogen) atoms. The molecular formula is C17H23N5S. The number of hydrogen-bond donors (Lipinski definition) is 1. The number of aryl methyl sites for hydroxylation is 1. The van der Waals surface area contributed by atoms with Crippen molar-refractivity contribution >= 4 is 17.3 Å². The maximum absolute atomic E-state index is 5.62. The van der Waals surface area contributed by atoms with Crippen molar-refractivity contribution in [3.8, 4) is 0 Å². The van der Waals surface area contributed by atoms with Crippen molar-refractivity contribution < 1.29 is 0 Å². The van der Waals surface area contributed by atoms with Gasteiger partial charge in [0.15, 0.2) is 5.11 Å². The Labute approximate surface area is 142 Å². The van der Waals surface area contributed by atoms with Gasteiger partial charge in [0.25, 0.3) is 0 Å². The summed E-state index contributed by atoms with van der Waals surface area (Å²) in [4.78, 5) is 9.01. The summed E-state index contributed by atoms with van der Waals surface area (Å²) in [5, 5.41) is 4.27. The normalized spacial score (nSPS) is 21.0. The number of pyridine rings is 1. The molecule has 0 radical (unpaired) electrons. The second-order valence-corrected chi connectivity index (χ2v) is 6.55. The largest absolute Gasteiger partial charge is 0.353 e. The Balaban J connectivity index is 1.96. The van der Waals surface area contributed by atoms with Gasteiger partial charge >= 0.3 is 0 Å².